The first-order chi connectivity index (χ1) is 9.77. The number of rotatable bonds is 7. The van der Waals surface area contributed by atoms with Crippen LogP contribution in [0.4, 0.5) is 0 Å². The number of phenolic OH excluding ortho intramolecular Hbond substituents is 1. The predicted octanol–water partition coefficient (Wildman–Crippen LogP) is 4.24. The van der Waals surface area contributed by atoms with E-state index in [1.165, 1.54) is 19.3 Å². The molecule has 0 aliphatic carbocycles. The summed E-state index contributed by atoms with van der Waals surface area (Å²) in [5.41, 5.74) is 1.95. The predicted molar refractivity (Wildman–Crippen MR) is 80.9 cm³/mol. The van der Waals surface area contributed by atoms with Gasteiger partial charge in [0, 0.05) is 5.56 Å². The van der Waals surface area contributed by atoms with Crippen LogP contribution in [-0.2, 0) is 12.8 Å². The molecule has 0 bridgehead atoms. The molecule has 3 nitrogen and oxygen atoms in total. The fourth-order valence-corrected chi connectivity index (χ4v) is 2.75. The van der Waals surface area contributed by atoms with Crippen LogP contribution in [0.2, 0.25) is 0 Å². The van der Waals surface area contributed by atoms with Gasteiger partial charge in [-0.1, -0.05) is 26.2 Å². The third-order valence-corrected chi connectivity index (χ3v) is 3.81. The molecule has 0 spiro atoms. The Balaban J connectivity index is 2.20. The van der Waals surface area contributed by atoms with E-state index in [1.54, 1.807) is 0 Å². The van der Waals surface area contributed by atoms with Crippen LogP contribution < -0.4 is 9.47 Å². The Kier molecular flexibility index (Phi) is 5.57. The average Bonchev–Trinajstić information content (AvgIpc) is 2.48. The van der Waals surface area contributed by atoms with E-state index in [-0.39, 0.29) is 0 Å². The van der Waals surface area contributed by atoms with Crippen LogP contribution in [0.3, 0.4) is 0 Å². The molecule has 0 atom stereocenters. The minimum atomic E-state index is 0.430. The van der Waals surface area contributed by atoms with Crippen molar-refractivity contribution in [1.82, 2.24) is 0 Å². The summed E-state index contributed by atoms with van der Waals surface area (Å²) in [5.74, 6) is 1.98. The zero-order chi connectivity index (χ0) is 14.4. The standard InChI is InChI=1S/C17H26O3/c1-3-5-6-7-9-13-12-15(19-4-2)17-14(16(13)18)10-8-11-20-17/h12,18H,3-11H2,1-2H3. The summed E-state index contributed by atoms with van der Waals surface area (Å²) in [6.45, 7) is 5.52. The van der Waals surface area contributed by atoms with Gasteiger partial charge in [0.05, 0.1) is 13.2 Å². The first-order valence-corrected chi connectivity index (χ1v) is 7.91. The molecular weight excluding hydrogens is 252 g/mol. The Bertz CT molecular complexity index is 440. The van der Waals surface area contributed by atoms with Gasteiger partial charge in [0.1, 0.15) is 5.75 Å². The maximum atomic E-state index is 10.4. The average molecular weight is 278 g/mol. The molecule has 2 rings (SSSR count). The largest absolute Gasteiger partial charge is 0.507 e. The molecule has 1 aliphatic heterocycles. The molecule has 0 fully saturated rings. The maximum absolute atomic E-state index is 10.4. The highest BCUT2D eigenvalue weighted by molar-refractivity contribution is 5.58. The minimum absolute atomic E-state index is 0.430. The molecule has 0 amide bonds. The monoisotopic (exact) mass is 278 g/mol. The fourth-order valence-electron chi connectivity index (χ4n) is 2.75. The molecule has 3 heteroatoms. The Morgan fingerprint density at radius 2 is 2.10 bits per heavy atom. The van der Waals surface area contributed by atoms with Crippen molar-refractivity contribution < 1.29 is 14.6 Å². The lowest BCUT2D eigenvalue weighted by molar-refractivity contribution is 0.253. The zero-order valence-electron chi connectivity index (χ0n) is 12.7. The van der Waals surface area contributed by atoms with Gasteiger partial charge in [-0.15, -0.1) is 0 Å². The summed E-state index contributed by atoms with van der Waals surface area (Å²) in [4.78, 5) is 0. The van der Waals surface area contributed by atoms with Gasteiger partial charge in [0.25, 0.3) is 0 Å². The van der Waals surface area contributed by atoms with Crippen molar-refractivity contribution in [3.8, 4) is 17.2 Å². The smallest absolute Gasteiger partial charge is 0.168 e. The van der Waals surface area contributed by atoms with E-state index >= 15 is 0 Å². The maximum Gasteiger partial charge on any atom is 0.168 e. The Hall–Kier alpha value is -1.38. The van der Waals surface area contributed by atoms with E-state index in [1.807, 2.05) is 13.0 Å². The highest BCUT2D eigenvalue weighted by atomic mass is 16.5. The first kappa shape index (κ1) is 15.0. The molecule has 1 aromatic rings. The van der Waals surface area contributed by atoms with Gasteiger partial charge in [-0.05, 0) is 44.2 Å². The van der Waals surface area contributed by atoms with Gasteiger partial charge >= 0.3 is 0 Å². The minimum Gasteiger partial charge on any atom is -0.507 e. The number of hydrogen-bond acceptors (Lipinski definition) is 3. The summed E-state index contributed by atoms with van der Waals surface area (Å²) in [6.07, 6.45) is 7.58. The van der Waals surface area contributed by atoms with Crippen molar-refractivity contribution in [2.75, 3.05) is 13.2 Å². The fraction of sp³-hybridized carbons (Fsp3) is 0.647. The molecule has 1 N–H and O–H groups in total. The van der Waals surface area contributed by atoms with Crippen LogP contribution in [0.15, 0.2) is 6.07 Å². The van der Waals surface area contributed by atoms with E-state index in [0.717, 1.165) is 48.3 Å². The molecule has 0 aromatic heterocycles. The lowest BCUT2D eigenvalue weighted by Gasteiger charge is -2.23. The normalized spacial score (nSPS) is 13.7. The second-order valence-corrected chi connectivity index (χ2v) is 5.39. The Labute approximate surface area is 121 Å². The van der Waals surface area contributed by atoms with Gasteiger partial charge in [0.2, 0.25) is 0 Å². The van der Waals surface area contributed by atoms with Crippen LogP contribution in [0.5, 0.6) is 17.2 Å². The van der Waals surface area contributed by atoms with Crippen LogP contribution in [0.1, 0.15) is 57.1 Å². The number of fused-ring (bicyclic) bond motifs is 1. The molecule has 0 saturated heterocycles. The van der Waals surface area contributed by atoms with Crippen molar-refractivity contribution in [2.24, 2.45) is 0 Å². The van der Waals surface area contributed by atoms with Crippen molar-refractivity contribution in [1.29, 1.82) is 0 Å². The van der Waals surface area contributed by atoms with Gasteiger partial charge < -0.3 is 14.6 Å². The summed E-state index contributed by atoms with van der Waals surface area (Å²) in [6, 6.07) is 1.97. The molecular formula is C17H26O3. The molecule has 20 heavy (non-hydrogen) atoms. The summed E-state index contributed by atoms with van der Waals surface area (Å²) in [7, 11) is 0. The highest BCUT2D eigenvalue weighted by Crippen LogP contribution is 2.43. The van der Waals surface area contributed by atoms with Crippen molar-refractivity contribution in [2.45, 2.75) is 58.8 Å². The third kappa shape index (κ3) is 3.38. The highest BCUT2D eigenvalue weighted by Gasteiger charge is 2.22. The second kappa shape index (κ2) is 7.41. The van der Waals surface area contributed by atoms with E-state index < -0.39 is 0 Å². The van der Waals surface area contributed by atoms with Crippen LogP contribution in [0.25, 0.3) is 0 Å². The summed E-state index contributed by atoms with van der Waals surface area (Å²) < 4.78 is 11.4. The van der Waals surface area contributed by atoms with Crippen molar-refractivity contribution in [3.63, 3.8) is 0 Å². The van der Waals surface area contributed by atoms with E-state index in [4.69, 9.17) is 9.47 Å². The number of aromatic hydroxyl groups is 1. The SMILES string of the molecule is CCCCCCc1cc(OCC)c2c(c1O)CCCO2. The van der Waals surface area contributed by atoms with E-state index in [0.29, 0.717) is 19.0 Å². The zero-order valence-corrected chi connectivity index (χ0v) is 12.7. The molecule has 1 heterocycles. The quantitative estimate of drug-likeness (QED) is 0.758. The molecule has 0 saturated carbocycles. The molecule has 1 aliphatic rings. The van der Waals surface area contributed by atoms with Gasteiger partial charge in [-0.3, -0.25) is 0 Å². The molecule has 0 unspecified atom stereocenters. The van der Waals surface area contributed by atoms with E-state index in [9.17, 15) is 5.11 Å². The van der Waals surface area contributed by atoms with Gasteiger partial charge in [0.15, 0.2) is 11.5 Å². The Morgan fingerprint density at radius 3 is 2.85 bits per heavy atom. The topological polar surface area (TPSA) is 38.7 Å². The lowest BCUT2D eigenvalue weighted by Crippen LogP contribution is -2.11. The van der Waals surface area contributed by atoms with Crippen molar-refractivity contribution in [3.05, 3.63) is 17.2 Å². The van der Waals surface area contributed by atoms with E-state index in [2.05, 4.69) is 6.92 Å². The number of unbranched alkanes of at least 4 members (excludes halogenated alkanes) is 3. The molecule has 0 radical (unpaired) electrons. The third-order valence-electron chi connectivity index (χ3n) is 3.81. The number of phenols is 1. The summed E-state index contributed by atoms with van der Waals surface area (Å²) in [5, 5.41) is 10.4. The van der Waals surface area contributed by atoms with Crippen LogP contribution >= 0.6 is 0 Å². The second-order valence-electron chi connectivity index (χ2n) is 5.39. The Morgan fingerprint density at radius 1 is 1.25 bits per heavy atom. The molecule has 1 aromatic carbocycles. The number of benzene rings is 1. The van der Waals surface area contributed by atoms with Crippen molar-refractivity contribution >= 4 is 0 Å². The first-order valence-electron chi connectivity index (χ1n) is 7.91. The summed E-state index contributed by atoms with van der Waals surface area (Å²) >= 11 is 0. The van der Waals surface area contributed by atoms with Crippen LogP contribution in [0, 0.1) is 0 Å². The lowest BCUT2D eigenvalue weighted by atomic mass is 9.97. The van der Waals surface area contributed by atoms with Gasteiger partial charge in [-0.25, -0.2) is 0 Å². The molecule has 112 valence electrons. The number of aryl methyl sites for hydroxylation is 1. The van der Waals surface area contributed by atoms with Crippen LogP contribution in [-0.4, -0.2) is 18.3 Å². The number of hydrogen-bond donors (Lipinski definition) is 1. The number of ether oxygens (including phenoxy) is 2. The van der Waals surface area contributed by atoms with Gasteiger partial charge in [-0.2, -0.15) is 0 Å².